The van der Waals surface area contributed by atoms with Gasteiger partial charge in [-0.1, -0.05) is 0 Å². The molecule has 0 saturated carbocycles. The minimum atomic E-state index is -0.314. The Hall–Kier alpha value is -1.82. The Kier molecular flexibility index (Phi) is 4.21. The molecule has 2 rings (SSSR count). The first kappa shape index (κ1) is 13.6. The lowest BCUT2D eigenvalue weighted by atomic mass is 10.3. The van der Waals surface area contributed by atoms with Gasteiger partial charge in [0.1, 0.15) is 11.6 Å². The van der Waals surface area contributed by atoms with Crippen LogP contribution < -0.4 is 15.8 Å². The second-order valence-electron chi connectivity index (χ2n) is 3.78. The van der Waals surface area contributed by atoms with Gasteiger partial charge in [-0.05, 0) is 53.2 Å². The first-order valence-electron chi connectivity index (χ1n) is 5.71. The van der Waals surface area contributed by atoms with Crippen molar-refractivity contribution in [1.29, 1.82) is 0 Å². The van der Waals surface area contributed by atoms with E-state index in [0.29, 0.717) is 34.2 Å². The number of halogens is 2. The summed E-state index contributed by atoms with van der Waals surface area (Å²) in [6, 6.07) is 8.06. The number of pyridine rings is 1. The summed E-state index contributed by atoms with van der Waals surface area (Å²) in [5.74, 6) is 0.649. The molecule has 4 nitrogen and oxygen atoms in total. The summed E-state index contributed by atoms with van der Waals surface area (Å²) in [4.78, 5) is 4.24. The molecule has 0 fully saturated rings. The molecule has 0 aliphatic carbocycles. The van der Waals surface area contributed by atoms with Crippen LogP contribution in [0.4, 0.5) is 21.6 Å². The standard InChI is InChI=1S/C13H13BrFN3O/c1-2-19-13-11(16)5-6-12(18-13)17-8-3-4-10(15)9(14)7-8/h3-7H,2,16H2,1H3,(H,17,18). The molecule has 1 heterocycles. The van der Waals surface area contributed by atoms with E-state index < -0.39 is 0 Å². The maximum absolute atomic E-state index is 13.1. The number of rotatable bonds is 4. The van der Waals surface area contributed by atoms with Gasteiger partial charge in [0, 0.05) is 5.69 Å². The van der Waals surface area contributed by atoms with Gasteiger partial charge in [0.15, 0.2) is 0 Å². The van der Waals surface area contributed by atoms with E-state index >= 15 is 0 Å². The summed E-state index contributed by atoms with van der Waals surface area (Å²) < 4.78 is 18.8. The molecule has 3 N–H and O–H groups in total. The van der Waals surface area contributed by atoms with E-state index in [-0.39, 0.29) is 5.82 Å². The lowest BCUT2D eigenvalue weighted by Gasteiger charge is -2.10. The van der Waals surface area contributed by atoms with E-state index in [1.54, 1.807) is 24.3 Å². The third kappa shape index (κ3) is 3.35. The highest BCUT2D eigenvalue weighted by Gasteiger charge is 2.05. The normalized spacial score (nSPS) is 10.3. The molecule has 0 amide bonds. The maximum atomic E-state index is 13.1. The SMILES string of the molecule is CCOc1nc(Nc2ccc(F)c(Br)c2)ccc1N. The van der Waals surface area contributed by atoms with Crippen LogP contribution in [0.2, 0.25) is 0 Å². The molecule has 2 aromatic rings. The molecule has 0 saturated heterocycles. The number of benzene rings is 1. The fourth-order valence-electron chi connectivity index (χ4n) is 1.49. The van der Waals surface area contributed by atoms with Gasteiger partial charge in [-0.2, -0.15) is 4.98 Å². The third-order valence-electron chi connectivity index (χ3n) is 2.36. The van der Waals surface area contributed by atoms with Crippen LogP contribution in [0.1, 0.15) is 6.92 Å². The third-order valence-corrected chi connectivity index (χ3v) is 2.97. The number of anilines is 3. The number of nitrogens with one attached hydrogen (secondary N) is 1. The average Bonchev–Trinajstić information content (AvgIpc) is 2.38. The molecule has 0 aliphatic heterocycles. The van der Waals surface area contributed by atoms with Crippen LogP contribution in [0.25, 0.3) is 0 Å². The van der Waals surface area contributed by atoms with Gasteiger partial charge < -0.3 is 15.8 Å². The molecule has 0 aliphatic rings. The minimum absolute atomic E-state index is 0.314. The summed E-state index contributed by atoms with van der Waals surface area (Å²) in [7, 11) is 0. The van der Waals surface area contributed by atoms with Crippen molar-refractivity contribution in [3.8, 4) is 5.88 Å². The maximum Gasteiger partial charge on any atom is 0.239 e. The Labute approximate surface area is 118 Å². The van der Waals surface area contributed by atoms with Crippen molar-refractivity contribution in [2.45, 2.75) is 6.92 Å². The first-order valence-corrected chi connectivity index (χ1v) is 6.51. The quantitative estimate of drug-likeness (QED) is 0.899. The summed E-state index contributed by atoms with van der Waals surface area (Å²) in [5.41, 5.74) is 6.94. The Bertz CT molecular complexity index is 592. The monoisotopic (exact) mass is 325 g/mol. The predicted molar refractivity (Wildman–Crippen MR) is 77.2 cm³/mol. The van der Waals surface area contributed by atoms with Crippen molar-refractivity contribution in [3.63, 3.8) is 0 Å². The fourth-order valence-corrected chi connectivity index (χ4v) is 1.87. The molecule has 0 spiro atoms. The van der Waals surface area contributed by atoms with Gasteiger partial charge in [-0.3, -0.25) is 0 Å². The molecule has 100 valence electrons. The van der Waals surface area contributed by atoms with Gasteiger partial charge in [0.2, 0.25) is 5.88 Å². The Morgan fingerprint density at radius 1 is 1.37 bits per heavy atom. The Morgan fingerprint density at radius 2 is 2.16 bits per heavy atom. The number of nitrogens with two attached hydrogens (primary N) is 1. The van der Waals surface area contributed by atoms with E-state index in [0.717, 1.165) is 0 Å². The van der Waals surface area contributed by atoms with Gasteiger partial charge in [0.25, 0.3) is 0 Å². The van der Waals surface area contributed by atoms with E-state index in [4.69, 9.17) is 10.5 Å². The lowest BCUT2D eigenvalue weighted by molar-refractivity contribution is 0.329. The molecule has 1 aromatic carbocycles. The molecule has 0 bridgehead atoms. The van der Waals surface area contributed by atoms with E-state index in [9.17, 15) is 4.39 Å². The number of nitrogen functional groups attached to an aromatic ring is 1. The van der Waals surface area contributed by atoms with Crippen molar-refractivity contribution in [2.24, 2.45) is 0 Å². The van der Waals surface area contributed by atoms with Crippen LogP contribution in [-0.2, 0) is 0 Å². The molecular formula is C13H13BrFN3O. The van der Waals surface area contributed by atoms with Crippen LogP contribution in [0.5, 0.6) is 5.88 Å². The van der Waals surface area contributed by atoms with E-state index in [2.05, 4.69) is 26.2 Å². The van der Waals surface area contributed by atoms with Crippen molar-refractivity contribution in [3.05, 3.63) is 40.6 Å². The van der Waals surface area contributed by atoms with Gasteiger partial charge in [-0.15, -0.1) is 0 Å². The average molecular weight is 326 g/mol. The topological polar surface area (TPSA) is 60.2 Å². The second-order valence-corrected chi connectivity index (χ2v) is 4.63. The largest absolute Gasteiger partial charge is 0.476 e. The number of hydrogen-bond donors (Lipinski definition) is 2. The van der Waals surface area contributed by atoms with Crippen LogP contribution in [0.15, 0.2) is 34.8 Å². The van der Waals surface area contributed by atoms with Gasteiger partial charge in [0.05, 0.1) is 16.8 Å². The number of nitrogens with zero attached hydrogens (tertiary/aromatic N) is 1. The summed E-state index contributed by atoms with van der Waals surface area (Å²) in [5, 5.41) is 3.05. The zero-order valence-corrected chi connectivity index (χ0v) is 11.9. The van der Waals surface area contributed by atoms with E-state index in [1.165, 1.54) is 6.07 Å². The summed E-state index contributed by atoms with van der Waals surface area (Å²) >= 11 is 3.13. The molecule has 6 heteroatoms. The first-order chi connectivity index (χ1) is 9.10. The Balaban J connectivity index is 2.22. The predicted octanol–water partition coefficient (Wildman–Crippen LogP) is 3.71. The molecule has 19 heavy (non-hydrogen) atoms. The van der Waals surface area contributed by atoms with Crippen molar-refractivity contribution < 1.29 is 9.13 Å². The van der Waals surface area contributed by atoms with E-state index in [1.807, 2.05) is 6.92 Å². The zero-order chi connectivity index (χ0) is 13.8. The highest BCUT2D eigenvalue weighted by Crippen LogP contribution is 2.25. The van der Waals surface area contributed by atoms with Crippen molar-refractivity contribution in [2.75, 3.05) is 17.7 Å². The molecule has 1 aromatic heterocycles. The highest BCUT2D eigenvalue weighted by molar-refractivity contribution is 9.10. The fraction of sp³-hybridized carbons (Fsp3) is 0.154. The lowest BCUT2D eigenvalue weighted by Crippen LogP contribution is -2.02. The minimum Gasteiger partial charge on any atom is -0.476 e. The van der Waals surface area contributed by atoms with Crippen LogP contribution in [-0.4, -0.2) is 11.6 Å². The van der Waals surface area contributed by atoms with Gasteiger partial charge in [-0.25, -0.2) is 4.39 Å². The molecular weight excluding hydrogens is 313 g/mol. The summed E-state index contributed by atoms with van der Waals surface area (Å²) in [6.07, 6.45) is 0. The smallest absolute Gasteiger partial charge is 0.239 e. The zero-order valence-electron chi connectivity index (χ0n) is 10.3. The Morgan fingerprint density at radius 3 is 2.84 bits per heavy atom. The number of aromatic nitrogens is 1. The second kappa shape index (κ2) is 5.88. The van der Waals surface area contributed by atoms with Crippen molar-refractivity contribution >= 4 is 33.1 Å². The molecule has 0 atom stereocenters. The number of hydrogen-bond acceptors (Lipinski definition) is 4. The van der Waals surface area contributed by atoms with Gasteiger partial charge >= 0.3 is 0 Å². The number of ether oxygens (including phenoxy) is 1. The van der Waals surface area contributed by atoms with Crippen LogP contribution in [0, 0.1) is 5.82 Å². The highest BCUT2D eigenvalue weighted by atomic mass is 79.9. The van der Waals surface area contributed by atoms with Crippen molar-refractivity contribution in [1.82, 2.24) is 4.98 Å². The molecule has 0 unspecified atom stereocenters. The van der Waals surface area contributed by atoms with Crippen LogP contribution in [0.3, 0.4) is 0 Å². The van der Waals surface area contributed by atoms with Crippen LogP contribution >= 0.6 is 15.9 Å². The summed E-state index contributed by atoms with van der Waals surface area (Å²) in [6.45, 7) is 2.35. The molecule has 0 radical (unpaired) electrons.